The number of carbonyl (C=O) groups is 1. The van der Waals surface area contributed by atoms with Crippen molar-refractivity contribution in [3.63, 3.8) is 0 Å². The smallest absolute Gasteiger partial charge is 0.303 e. The van der Waals surface area contributed by atoms with Gasteiger partial charge in [-0.1, -0.05) is 64.5 Å². The lowest BCUT2D eigenvalue weighted by Gasteiger charge is -2.31. The molecular weight excluding hydrogens is 304 g/mol. The second kappa shape index (κ2) is 4.82. The molecule has 0 aromatic heterocycles. The zero-order chi connectivity index (χ0) is 13.4. The van der Waals surface area contributed by atoms with Crippen LogP contribution in [0.15, 0.2) is 48.5 Å². The van der Waals surface area contributed by atoms with Crippen molar-refractivity contribution in [2.75, 3.05) is 0 Å². The Morgan fingerprint density at radius 2 is 1.53 bits per heavy atom. The third kappa shape index (κ3) is 2.08. The van der Waals surface area contributed by atoms with Crippen molar-refractivity contribution < 1.29 is 9.53 Å². The summed E-state index contributed by atoms with van der Waals surface area (Å²) in [5.74, 6) is -0.261. The first-order valence-electron chi connectivity index (χ1n) is 6.18. The first-order chi connectivity index (χ1) is 9.18. The van der Waals surface area contributed by atoms with Crippen LogP contribution >= 0.6 is 15.9 Å². The number of hydrogen-bond donors (Lipinski definition) is 0. The number of hydrogen-bond acceptors (Lipinski definition) is 2. The van der Waals surface area contributed by atoms with Gasteiger partial charge in [0.2, 0.25) is 0 Å². The molecule has 0 fully saturated rings. The fourth-order valence-corrected chi connectivity index (χ4v) is 3.39. The van der Waals surface area contributed by atoms with Gasteiger partial charge in [0, 0.05) is 12.5 Å². The standard InChI is InChI=1S/C16H13BrO2/c1-10(18)19-16-14-9-5-3-7-12(14)11-6-2-4-8-13(11)15(16)17/h2-9,15-16H,1H3/t15-,16-/m0/s1. The first kappa shape index (κ1) is 12.4. The van der Waals surface area contributed by atoms with Crippen molar-refractivity contribution in [1.29, 1.82) is 0 Å². The van der Waals surface area contributed by atoms with E-state index in [1.54, 1.807) is 0 Å². The molecule has 0 radical (unpaired) electrons. The molecule has 1 aliphatic rings. The molecule has 0 N–H and O–H groups in total. The molecule has 19 heavy (non-hydrogen) atoms. The van der Waals surface area contributed by atoms with Gasteiger partial charge in [0.05, 0.1) is 4.83 Å². The topological polar surface area (TPSA) is 26.3 Å². The molecule has 2 nitrogen and oxygen atoms in total. The molecule has 0 spiro atoms. The maximum atomic E-state index is 11.3. The molecule has 2 aromatic carbocycles. The molecule has 0 aliphatic heterocycles. The molecule has 2 aromatic rings. The monoisotopic (exact) mass is 316 g/mol. The Bertz CT molecular complexity index is 636. The van der Waals surface area contributed by atoms with E-state index in [2.05, 4.69) is 34.1 Å². The lowest BCUT2D eigenvalue weighted by atomic mass is 9.84. The predicted octanol–water partition coefficient (Wildman–Crippen LogP) is 4.41. The van der Waals surface area contributed by atoms with Crippen LogP contribution in [0.2, 0.25) is 0 Å². The number of ether oxygens (including phenoxy) is 1. The van der Waals surface area contributed by atoms with E-state index in [0.717, 1.165) is 16.7 Å². The molecule has 0 heterocycles. The summed E-state index contributed by atoms with van der Waals surface area (Å²) in [5.41, 5.74) is 4.55. The minimum Gasteiger partial charge on any atom is -0.456 e. The third-order valence-corrected chi connectivity index (χ3v) is 4.35. The van der Waals surface area contributed by atoms with Gasteiger partial charge in [-0.15, -0.1) is 0 Å². The van der Waals surface area contributed by atoms with Crippen LogP contribution in [0.3, 0.4) is 0 Å². The van der Waals surface area contributed by atoms with Crippen LogP contribution in [0.4, 0.5) is 0 Å². The highest BCUT2D eigenvalue weighted by Gasteiger charge is 2.33. The Kier molecular flexibility index (Phi) is 3.15. The third-order valence-electron chi connectivity index (χ3n) is 3.37. The van der Waals surface area contributed by atoms with E-state index < -0.39 is 0 Å². The summed E-state index contributed by atoms with van der Waals surface area (Å²) < 4.78 is 5.50. The summed E-state index contributed by atoms with van der Waals surface area (Å²) in [5, 5.41) is 0. The Labute approximate surface area is 120 Å². The highest BCUT2D eigenvalue weighted by molar-refractivity contribution is 9.09. The second-order valence-electron chi connectivity index (χ2n) is 4.61. The summed E-state index contributed by atoms with van der Waals surface area (Å²) in [6.07, 6.45) is -0.274. The van der Waals surface area contributed by atoms with E-state index in [4.69, 9.17) is 4.74 Å². The van der Waals surface area contributed by atoms with Crippen LogP contribution < -0.4 is 0 Å². The van der Waals surface area contributed by atoms with Crippen molar-refractivity contribution in [3.8, 4) is 11.1 Å². The number of alkyl halides is 1. The van der Waals surface area contributed by atoms with Gasteiger partial charge in [0.25, 0.3) is 0 Å². The zero-order valence-corrected chi connectivity index (χ0v) is 12.1. The summed E-state index contributed by atoms with van der Waals surface area (Å²) in [6.45, 7) is 1.45. The SMILES string of the molecule is CC(=O)O[C@H]1c2ccccc2-c2ccccc2[C@@H]1Br. The number of benzene rings is 2. The van der Waals surface area contributed by atoms with E-state index in [1.165, 1.54) is 12.5 Å². The summed E-state index contributed by atoms with van der Waals surface area (Å²) in [7, 11) is 0. The molecule has 2 atom stereocenters. The average molecular weight is 317 g/mol. The largest absolute Gasteiger partial charge is 0.456 e. The fourth-order valence-electron chi connectivity index (χ4n) is 2.60. The van der Waals surface area contributed by atoms with Crippen molar-refractivity contribution >= 4 is 21.9 Å². The fraction of sp³-hybridized carbons (Fsp3) is 0.188. The molecule has 0 bridgehead atoms. The highest BCUT2D eigenvalue weighted by Crippen LogP contribution is 2.49. The summed E-state index contributed by atoms with van der Waals surface area (Å²) >= 11 is 3.67. The van der Waals surface area contributed by atoms with Crippen LogP contribution in [0.5, 0.6) is 0 Å². The van der Waals surface area contributed by atoms with Gasteiger partial charge < -0.3 is 4.74 Å². The Morgan fingerprint density at radius 3 is 2.16 bits per heavy atom. The van der Waals surface area contributed by atoms with E-state index in [1.807, 2.05) is 30.3 Å². The minimum atomic E-state index is -0.274. The molecule has 1 aliphatic carbocycles. The molecule has 0 unspecified atom stereocenters. The van der Waals surface area contributed by atoms with E-state index >= 15 is 0 Å². The maximum absolute atomic E-state index is 11.3. The first-order valence-corrected chi connectivity index (χ1v) is 7.09. The van der Waals surface area contributed by atoms with Gasteiger partial charge in [-0.05, 0) is 16.7 Å². The van der Waals surface area contributed by atoms with Crippen LogP contribution in [-0.4, -0.2) is 5.97 Å². The van der Waals surface area contributed by atoms with Gasteiger partial charge >= 0.3 is 5.97 Å². The molecule has 3 heteroatoms. The molecule has 0 amide bonds. The van der Waals surface area contributed by atoms with E-state index in [9.17, 15) is 4.79 Å². The van der Waals surface area contributed by atoms with Gasteiger partial charge in [0.15, 0.2) is 0 Å². The number of esters is 1. The Hall–Kier alpha value is -1.61. The van der Waals surface area contributed by atoms with Crippen LogP contribution in [0, 0.1) is 0 Å². The van der Waals surface area contributed by atoms with Crippen LogP contribution in [0.25, 0.3) is 11.1 Å². The number of halogens is 1. The molecule has 0 saturated carbocycles. The summed E-state index contributed by atoms with van der Waals surface area (Å²) in [6, 6.07) is 16.3. The average Bonchev–Trinajstić information content (AvgIpc) is 2.43. The molecule has 0 saturated heterocycles. The van der Waals surface area contributed by atoms with Gasteiger partial charge in [-0.2, -0.15) is 0 Å². The molecule has 3 rings (SSSR count). The van der Waals surface area contributed by atoms with Crippen molar-refractivity contribution in [3.05, 3.63) is 59.7 Å². The number of carbonyl (C=O) groups excluding carboxylic acids is 1. The van der Waals surface area contributed by atoms with Crippen molar-refractivity contribution in [2.45, 2.75) is 17.9 Å². The number of fused-ring (bicyclic) bond motifs is 3. The predicted molar refractivity (Wildman–Crippen MR) is 78.1 cm³/mol. The van der Waals surface area contributed by atoms with E-state index in [0.29, 0.717) is 0 Å². The van der Waals surface area contributed by atoms with E-state index in [-0.39, 0.29) is 16.9 Å². The van der Waals surface area contributed by atoms with Crippen LogP contribution in [0.1, 0.15) is 29.0 Å². The maximum Gasteiger partial charge on any atom is 0.303 e. The second-order valence-corrected chi connectivity index (χ2v) is 5.59. The van der Waals surface area contributed by atoms with Gasteiger partial charge in [-0.3, -0.25) is 4.79 Å². The van der Waals surface area contributed by atoms with Crippen molar-refractivity contribution in [2.24, 2.45) is 0 Å². The lowest BCUT2D eigenvalue weighted by Crippen LogP contribution is -2.18. The Morgan fingerprint density at radius 1 is 1.00 bits per heavy atom. The highest BCUT2D eigenvalue weighted by atomic mass is 79.9. The minimum absolute atomic E-state index is 0.0116. The molecular formula is C16H13BrO2. The van der Waals surface area contributed by atoms with Gasteiger partial charge in [0.1, 0.15) is 6.10 Å². The number of rotatable bonds is 1. The molecule has 96 valence electrons. The summed E-state index contributed by atoms with van der Waals surface area (Å²) in [4.78, 5) is 11.3. The lowest BCUT2D eigenvalue weighted by molar-refractivity contribution is -0.146. The van der Waals surface area contributed by atoms with Gasteiger partial charge in [-0.25, -0.2) is 0 Å². The quantitative estimate of drug-likeness (QED) is 0.575. The normalized spacial score (nSPS) is 20.3. The Balaban J connectivity index is 2.20. The van der Waals surface area contributed by atoms with Crippen molar-refractivity contribution in [1.82, 2.24) is 0 Å². The van der Waals surface area contributed by atoms with Crippen LogP contribution in [-0.2, 0) is 9.53 Å². The zero-order valence-electron chi connectivity index (χ0n) is 10.5.